The molecule has 1 heterocycles. The van der Waals surface area contributed by atoms with Gasteiger partial charge in [-0.2, -0.15) is 0 Å². The van der Waals surface area contributed by atoms with Crippen LogP contribution in [0.25, 0.3) is 0 Å². The highest BCUT2D eigenvalue weighted by Gasteiger charge is 2.35. The molecule has 0 unspecified atom stereocenters. The number of amides is 1. The van der Waals surface area contributed by atoms with Crippen molar-refractivity contribution < 1.29 is 18.7 Å². The number of hydrogen-bond acceptors (Lipinski definition) is 3. The lowest BCUT2D eigenvalue weighted by Crippen LogP contribution is -2.44. The van der Waals surface area contributed by atoms with Crippen LogP contribution in [0.3, 0.4) is 0 Å². The van der Waals surface area contributed by atoms with Crippen LogP contribution in [0.5, 0.6) is 5.75 Å². The molecule has 0 saturated carbocycles. The van der Waals surface area contributed by atoms with Crippen LogP contribution in [-0.2, 0) is 10.2 Å². The molecule has 0 bridgehead atoms. The van der Waals surface area contributed by atoms with Gasteiger partial charge in [0, 0.05) is 30.2 Å². The molecule has 0 aliphatic carbocycles. The normalized spacial score (nSPS) is 16.0. The predicted molar refractivity (Wildman–Crippen MR) is 108 cm³/mol. The molecule has 1 amide bonds. The van der Waals surface area contributed by atoms with Crippen LogP contribution in [0.15, 0.2) is 42.5 Å². The van der Waals surface area contributed by atoms with Crippen LogP contribution in [-0.4, -0.2) is 31.8 Å². The lowest BCUT2D eigenvalue weighted by Gasteiger charge is -2.38. The Morgan fingerprint density at radius 2 is 2.00 bits per heavy atom. The number of hydrogen-bond donors (Lipinski definition) is 1. The molecule has 4 nitrogen and oxygen atoms in total. The molecule has 0 spiro atoms. The first kappa shape index (κ1) is 20.6. The molecular weight excluding hydrogens is 381 g/mol. The highest BCUT2D eigenvalue weighted by atomic mass is 35.5. The second kappa shape index (κ2) is 8.93. The van der Waals surface area contributed by atoms with E-state index in [1.54, 1.807) is 30.3 Å². The number of nitrogens with one attached hydrogen (secondary N) is 1. The molecule has 1 aliphatic heterocycles. The van der Waals surface area contributed by atoms with Crippen molar-refractivity contribution in [2.24, 2.45) is 0 Å². The SMILES string of the molecule is CC(C)Oc1ccc(Cl)cc1C(=O)NCC1(c2cccc(F)c2)CCOCC1. The van der Waals surface area contributed by atoms with Crippen LogP contribution >= 0.6 is 11.6 Å². The third-order valence-electron chi connectivity index (χ3n) is 5.02. The average molecular weight is 406 g/mol. The van der Waals surface area contributed by atoms with Gasteiger partial charge in [0.05, 0.1) is 11.7 Å². The molecule has 150 valence electrons. The highest BCUT2D eigenvalue weighted by molar-refractivity contribution is 6.31. The van der Waals surface area contributed by atoms with Gasteiger partial charge in [-0.05, 0) is 62.6 Å². The summed E-state index contributed by atoms with van der Waals surface area (Å²) in [6, 6.07) is 11.6. The highest BCUT2D eigenvalue weighted by Crippen LogP contribution is 2.35. The predicted octanol–water partition coefficient (Wildman–Crippen LogP) is 4.74. The number of ether oxygens (including phenoxy) is 2. The van der Waals surface area contributed by atoms with E-state index in [1.165, 1.54) is 6.07 Å². The fourth-order valence-electron chi connectivity index (χ4n) is 3.53. The fourth-order valence-corrected chi connectivity index (χ4v) is 3.70. The van der Waals surface area contributed by atoms with Crippen LogP contribution in [0.4, 0.5) is 4.39 Å². The van der Waals surface area contributed by atoms with Gasteiger partial charge in [0.2, 0.25) is 0 Å². The number of benzene rings is 2. The molecule has 1 aliphatic rings. The zero-order valence-electron chi connectivity index (χ0n) is 16.1. The quantitative estimate of drug-likeness (QED) is 0.754. The maximum absolute atomic E-state index is 13.8. The van der Waals surface area contributed by atoms with Crippen molar-refractivity contribution in [3.63, 3.8) is 0 Å². The Morgan fingerprint density at radius 3 is 2.68 bits per heavy atom. The maximum atomic E-state index is 13.8. The molecule has 6 heteroatoms. The second-order valence-electron chi connectivity index (χ2n) is 7.39. The summed E-state index contributed by atoms with van der Waals surface area (Å²) in [5.74, 6) is -0.0544. The van der Waals surface area contributed by atoms with Crippen molar-refractivity contribution in [1.29, 1.82) is 0 Å². The summed E-state index contributed by atoms with van der Waals surface area (Å²) in [5.41, 5.74) is 0.900. The van der Waals surface area contributed by atoms with Gasteiger partial charge in [0.15, 0.2) is 0 Å². The zero-order valence-corrected chi connectivity index (χ0v) is 16.9. The number of rotatable bonds is 6. The summed E-state index contributed by atoms with van der Waals surface area (Å²) in [4.78, 5) is 12.9. The van der Waals surface area contributed by atoms with Gasteiger partial charge < -0.3 is 14.8 Å². The third kappa shape index (κ3) is 4.83. The molecule has 0 aromatic heterocycles. The number of halogens is 2. The minimum absolute atomic E-state index is 0.0677. The van der Waals surface area contributed by atoms with Crippen LogP contribution in [0, 0.1) is 5.82 Å². The summed E-state index contributed by atoms with van der Waals surface area (Å²) in [5, 5.41) is 3.48. The summed E-state index contributed by atoms with van der Waals surface area (Å²) in [6.45, 7) is 5.33. The van der Waals surface area contributed by atoms with E-state index in [1.807, 2.05) is 19.9 Å². The smallest absolute Gasteiger partial charge is 0.255 e. The van der Waals surface area contributed by atoms with Crippen molar-refractivity contribution in [3.05, 3.63) is 64.4 Å². The van der Waals surface area contributed by atoms with Gasteiger partial charge in [-0.15, -0.1) is 0 Å². The fraction of sp³-hybridized carbons (Fsp3) is 0.409. The summed E-state index contributed by atoms with van der Waals surface area (Å²) >= 11 is 6.09. The van der Waals surface area contributed by atoms with Crippen molar-refractivity contribution in [1.82, 2.24) is 5.32 Å². The minimum Gasteiger partial charge on any atom is -0.490 e. The average Bonchev–Trinajstić information content (AvgIpc) is 2.68. The molecule has 3 rings (SSSR count). The Labute approximate surface area is 170 Å². The maximum Gasteiger partial charge on any atom is 0.255 e. The summed E-state index contributed by atoms with van der Waals surface area (Å²) < 4.78 is 25.1. The third-order valence-corrected chi connectivity index (χ3v) is 5.26. The van der Waals surface area contributed by atoms with Gasteiger partial charge >= 0.3 is 0 Å². The molecule has 28 heavy (non-hydrogen) atoms. The van der Waals surface area contributed by atoms with E-state index in [-0.39, 0.29) is 23.2 Å². The van der Waals surface area contributed by atoms with E-state index in [4.69, 9.17) is 21.1 Å². The van der Waals surface area contributed by atoms with E-state index >= 15 is 0 Å². The van der Waals surface area contributed by atoms with E-state index in [9.17, 15) is 9.18 Å². The van der Waals surface area contributed by atoms with Crippen molar-refractivity contribution in [2.75, 3.05) is 19.8 Å². The Bertz CT molecular complexity index is 834. The largest absolute Gasteiger partial charge is 0.490 e. The van der Waals surface area contributed by atoms with Gasteiger partial charge in [-0.25, -0.2) is 4.39 Å². The van der Waals surface area contributed by atoms with Crippen LogP contribution in [0.2, 0.25) is 5.02 Å². The van der Waals surface area contributed by atoms with Gasteiger partial charge in [-0.1, -0.05) is 23.7 Å². The number of carbonyl (C=O) groups excluding carboxylic acids is 1. The molecule has 1 saturated heterocycles. The molecule has 0 atom stereocenters. The molecule has 2 aromatic rings. The van der Waals surface area contributed by atoms with Crippen molar-refractivity contribution in [3.8, 4) is 5.75 Å². The second-order valence-corrected chi connectivity index (χ2v) is 7.83. The minimum atomic E-state index is -0.367. The first-order valence-electron chi connectivity index (χ1n) is 9.48. The number of carbonyl (C=O) groups is 1. The molecule has 1 N–H and O–H groups in total. The topological polar surface area (TPSA) is 47.6 Å². The monoisotopic (exact) mass is 405 g/mol. The lowest BCUT2D eigenvalue weighted by atomic mass is 9.74. The molecule has 2 aromatic carbocycles. The van der Waals surface area contributed by atoms with Crippen molar-refractivity contribution >= 4 is 17.5 Å². The first-order valence-corrected chi connectivity index (χ1v) is 9.86. The van der Waals surface area contributed by atoms with Crippen LogP contribution < -0.4 is 10.1 Å². The Kier molecular flexibility index (Phi) is 6.57. The Morgan fingerprint density at radius 1 is 1.25 bits per heavy atom. The zero-order chi connectivity index (χ0) is 20.1. The van der Waals surface area contributed by atoms with Crippen LogP contribution in [0.1, 0.15) is 42.6 Å². The van der Waals surface area contributed by atoms with E-state index in [0.717, 1.165) is 5.56 Å². The molecule has 0 radical (unpaired) electrons. The van der Waals surface area contributed by atoms with Gasteiger partial charge in [0.1, 0.15) is 11.6 Å². The van der Waals surface area contributed by atoms with E-state index in [0.29, 0.717) is 48.9 Å². The summed E-state index contributed by atoms with van der Waals surface area (Å²) in [7, 11) is 0. The molecular formula is C22H25ClFNO3. The van der Waals surface area contributed by atoms with Crippen molar-refractivity contribution in [2.45, 2.75) is 38.2 Å². The van der Waals surface area contributed by atoms with E-state index < -0.39 is 0 Å². The summed E-state index contributed by atoms with van der Waals surface area (Å²) in [6.07, 6.45) is 1.35. The molecule has 1 fully saturated rings. The van der Waals surface area contributed by atoms with E-state index in [2.05, 4.69) is 5.32 Å². The standard InChI is InChI=1S/C22H25ClFNO3/c1-15(2)28-20-7-6-17(23)13-19(20)21(26)25-14-22(8-10-27-11-9-22)16-4-3-5-18(24)12-16/h3-7,12-13,15H,8-11,14H2,1-2H3,(H,25,26). The Hall–Kier alpha value is -2.11. The Balaban J connectivity index is 1.82. The van der Waals surface area contributed by atoms with Gasteiger partial charge in [0.25, 0.3) is 5.91 Å². The van der Waals surface area contributed by atoms with Gasteiger partial charge in [-0.3, -0.25) is 4.79 Å². The lowest BCUT2D eigenvalue weighted by molar-refractivity contribution is 0.0485. The first-order chi connectivity index (χ1) is 13.4.